The smallest absolute Gasteiger partial charge is 0.0602 e. The highest BCUT2D eigenvalue weighted by Gasteiger charge is 2.33. The summed E-state index contributed by atoms with van der Waals surface area (Å²) in [4.78, 5) is 0. The van der Waals surface area contributed by atoms with E-state index in [9.17, 15) is 0 Å². The number of aryl methyl sites for hydroxylation is 1. The number of hydrogen-bond donors (Lipinski definition) is 1. The Morgan fingerprint density at radius 2 is 2.25 bits per heavy atom. The van der Waals surface area contributed by atoms with Crippen LogP contribution in [0.3, 0.4) is 0 Å². The molecule has 0 spiro atoms. The lowest BCUT2D eigenvalue weighted by Crippen LogP contribution is -2.43. The molecule has 1 aliphatic heterocycles. The molecular formula is C13H23N3. The minimum absolute atomic E-state index is 0.170. The Morgan fingerprint density at radius 1 is 1.38 bits per heavy atom. The zero-order valence-corrected chi connectivity index (χ0v) is 10.5. The summed E-state index contributed by atoms with van der Waals surface area (Å²) in [5.74, 6) is 0. The Hall–Kier alpha value is -0.830. The fourth-order valence-corrected chi connectivity index (χ4v) is 2.84. The zero-order valence-electron chi connectivity index (χ0n) is 10.5. The molecule has 0 aromatic carbocycles. The van der Waals surface area contributed by atoms with E-state index >= 15 is 0 Å². The first-order chi connectivity index (χ1) is 7.82. The molecule has 0 bridgehead atoms. The van der Waals surface area contributed by atoms with Crippen LogP contribution in [0.25, 0.3) is 0 Å². The summed E-state index contributed by atoms with van der Waals surface area (Å²) < 4.78 is 2.14. The van der Waals surface area contributed by atoms with E-state index in [2.05, 4.69) is 35.0 Å². The first-order valence-electron chi connectivity index (χ1n) is 6.59. The van der Waals surface area contributed by atoms with Gasteiger partial charge < -0.3 is 5.32 Å². The maximum absolute atomic E-state index is 4.41. The van der Waals surface area contributed by atoms with E-state index in [1.54, 1.807) is 0 Å². The van der Waals surface area contributed by atoms with Crippen molar-refractivity contribution in [1.82, 2.24) is 15.1 Å². The number of rotatable bonds is 3. The van der Waals surface area contributed by atoms with Crippen LogP contribution >= 0.6 is 0 Å². The van der Waals surface area contributed by atoms with Gasteiger partial charge in [0.25, 0.3) is 0 Å². The minimum atomic E-state index is 0.170. The van der Waals surface area contributed by atoms with Gasteiger partial charge in [-0.2, -0.15) is 5.10 Å². The fraction of sp³-hybridized carbons (Fsp3) is 0.769. The molecule has 0 aliphatic carbocycles. The maximum Gasteiger partial charge on any atom is 0.0602 e. The molecule has 1 fully saturated rings. The van der Waals surface area contributed by atoms with Crippen LogP contribution in [0.15, 0.2) is 12.3 Å². The summed E-state index contributed by atoms with van der Waals surface area (Å²) in [6.45, 7) is 6.55. The summed E-state index contributed by atoms with van der Waals surface area (Å²) in [5.41, 5.74) is 1.54. The number of nitrogens with one attached hydrogen (secondary N) is 1. The van der Waals surface area contributed by atoms with Crippen LogP contribution in [0, 0.1) is 0 Å². The van der Waals surface area contributed by atoms with Crippen molar-refractivity contribution in [2.75, 3.05) is 6.54 Å². The summed E-state index contributed by atoms with van der Waals surface area (Å²) in [5, 5.41) is 8.17. The lowest BCUT2D eigenvalue weighted by atomic mass is 9.87. The second-order valence-corrected chi connectivity index (χ2v) is 4.71. The van der Waals surface area contributed by atoms with Gasteiger partial charge in [0.2, 0.25) is 0 Å². The molecule has 3 heteroatoms. The molecule has 2 heterocycles. The lowest BCUT2D eigenvalue weighted by Gasteiger charge is -2.33. The van der Waals surface area contributed by atoms with E-state index in [0.29, 0.717) is 0 Å². The largest absolute Gasteiger partial charge is 0.306 e. The summed E-state index contributed by atoms with van der Waals surface area (Å²) >= 11 is 0. The van der Waals surface area contributed by atoms with Crippen LogP contribution < -0.4 is 5.32 Å². The van der Waals surface area contributed by atoms with E-state index in [0.717, 1.165) is 19.5 Å². The molecule has 90 valence electrons. The molecule has 0 radical (unpaired) electrons. The molecule has 0 amide bonds. The van der Waals surface area contributed by atoms with Gasteiger partial charge in [-0.05, 0) is 38.8 Å². The quantitative estimate of drug-likeness (QED) is 0.850. The van der Waals surface area contributed by atoms with Crippen LogP contribution in [0.4, 0.5) is 0 Å². The number of hydrogen-bond acceptors (Lipinski definition) is 2. The summed E-state index contributed by atoms with van der Waals surface area (Å²) in [7, 11) is 0. The predicted octanol–water partition coefficient (Wildman–Crippen LogP) is 2.67. The Labute approximate surface area is 98.2 Å². The van der Waals surface area contributed by atoms with Gasteiger partial charge in [0.05, 0.1) is 11.2 Å². The van der Waals surface area contributed by atoms with Crippen molar-refractivity contribution >= 4 is 0 Å². The van der Waals surface area contributed by atoms with Crippen molar-refractivity contribution in [3.05, 3.63) is 18.0 Å². The Kier molecular flexibility index (Phi) is 3.64. The van der Waals surface area contributed by atoms with Crippen LogP contribution in [-0.2, 0) is 12.1 Å². The summed E-state index contributed by atoms with van der Waals surface area (Å²) in [6, 6.07) is 2.19. The van der Waals surface area contributed by atoms with Gasteiger partial charge in [-0.25, -0.2) is 0 Å². The van der Waals surface area contributed by atoms with Gasteiger partial charge in [-0.1, -0.05) is 19.8 Å². The monoisotopic (exact) mass is 221 g/mol. The van der Waals surface area contributed by atoms with Gasteiger partial charge in [-0.15, -0.1) is 0 Å². The summed E-state index contributed by atoms with van der Waals surface area (Å²) in [6.07, 6.45) is 8.32. The Balaban J connectivity index is 2.31. The topological polar surface area (TPSA) is 29.9 Å². The average molecular weight is 221 g/mol. The normalized spacial score (nSPS) is 26.6. The van der Waals surface area contributed by atoms with Gasteiger partial charge in [0.15, 0.2) is 0 Å². The van der Waals surface area contributed by atoms with Crippen LogP contribution in [0.1, 0.15) is 51.6 Å². The number of aromatic nitrogens is 2. The van der Waals surface area contributed by atoms with E-state index < -0.39 is 0 Å². The first kappa shape index (κ1) is 11.6. The van der Waals surface area contributed by atoms with Gasteiger partial charge in [0, 0.05) is 12.7 Å². The van der Waals surface area contributed by atoms with Crippen molar-refractivity contribution in [2.45, 2.75) is 58.0 Å². The van der Waals surface area contributed by atoms with Crippen molar-refractivity contribution < 1.29 is 0 Å². The molecule has 16 heavy (non-hydrogen) atoms. The van der Waals surface area contributed by atoms with Gasteiger partial charge >= 0.3 is 0 Å². The molecule has 1 N–H and O–H groups in total. The van der Waals surface area contributed by atoms with Crippen molar-refractivity contribution in [3.63, 3.8) is 0 Å². The second-order valence-electron chi connectivity index (χ2n) is 4.71. The van der Waals surface area contributed by atoms with E-state index in [1.165, 1.54) is 31.4 Å². The molecule has 1 aliphatic rings. The molecule has 1 saturated heterocycles. The fourth-order valence-electron chi connectivity index (χ4n) is 2.84. The molecule has 1 aromatic rings. The average Bonchev–Trinajstić information content (AvgIpc) is 2.67. The van der Waals surface area contributed by atoms with Crippen molar-refractivity contribution in [2.24, 2.45) is 0 Å². The third-order valence-electron chi connectivity index (χ3n) is 3.85. The van der Waals surface area contributed by atoms with Gasteiger partial charge in [-0.3, -0.25) is 4.68 Å². The zero-order chi connectivity index (χ0) is 11.4. The third-order valence-corrected chi connectivity index (χ3v) is 3.85. The lowest BCUT2D eigenvalue weighted by molar-refractivity contribution is 0.288. The molecule has 1 unspecified atom stereocenters. The van der Waals surface area contributed by atoms with Gasteiger partial charge in [0.1, 0.15) is 0 Å². The maximum atomic E-state index is 4.41. The minimum Gasteiger partial charge on any atom is -0.306 e. The van der Waals surface area contributed by atoms with E-state index in [-0.39, 0.29) is 5.54 Å². The van der Waals surface area contributed by atoms with Crippen molar-refractivity contribution in [1.29, 1.82) is 0 Å². The molecule has 1 aromatic heterocycles. The molecule has 0 saturated carbocycles. The van der Waals surface area contributed by atoms with Crippen LogP contribution in [0.2, 0.25) is 0 Å². The first-order valence-corrected chi connectivity index (χ1v) is 6.59. The molecular weight excluding hydrogens is 198 g/mol. The SMILES string of the molecule is CCn1nccc1C1(CC)CCCCCN1. The van der Waals surface area contributed by atoms with Crippen LogP contribution in [0.5, 0.6) is 0 Å². The van der Waals surface area contributed by atoms with Crippen LogP contribution in [-0.4, -0.2) is 16.3 Å². The molecule has 1 atom stereocenters. The van der Waals surface area contributed by atoms with Crippen molar-refractivity contribution in [3.8, 4) is 0 Å². The highest BCUT2D eigenvalue weighted by atomic mass is 15.3. The number of nitrogens with zero attached hydrogens (tertiary/aromatic N) is 2. The Morgan fingerprint density at radius 3 is 3.00 bits per heavy atom. The predicted molar refractivity (Wildman–Crippen MR) is 66.3 cm³/mol. The highest BCUT2D eigenvalue weighted by Crippen LogP contribution is 2.32. The third kappa shape index (κ3) is 2.01. The molecule has 2 rings (SSSR count). The van der Waals surface area contributed by atoms with E-state index in [1.807, 2.05) is 6.20 Å². The second kappa shape index (κ2) is 5.00. The van der Waals surface area contributed by atoms with E-state index in [4.69, 9.17) is 0 Å². The molecule has 3 nitrogen and oxygen atoms in total. The highest BCUT2D eigenvalue weighted by molar-refractivity contribution is 5.15. The Bertz CT molecular complexity index is 322. The standard InChI is InChI=1S/C13H23N3/c1-3-13(9-6-5-7-10-14-13)12-8-11-15-16(12)4-2/h8,11,14H,3-7,9-10H2,1-2H3.